The fourth-order valence-electron chi connectivity index (χ4n) is 5.83. The highest BCUT2D eigenvalue weighted by Gasteiger charge is 2.33. The zero-order chi connectivity index (χ0) is 33.1. The van der Waals surface area contributed by atoms with Gasteiger partial charge in [0.05, 0.1) is 18.6 Å². The zero-order valence-corrected chi connectivity index (χ0v) is 28.8. The number of rotatable bonds is 15. The lowest BCUT2D eigenvalue weighted by molar-refractivity contribution is -0.141. The molecule has 0 unspecified atom stereocenters. The van der Waals surface area contributed by atoms with E-state index in [1.165, 1.54) is 4.31 Å². The number of carbonyl (C=O) groups excluding carboxylic acids is 2. The third-order valence-electron chi connectivity index (χ3n) is 8.20. The van der Waals surface area contributed by atoms with Crippen LogP contribution in [0.5, 0.6) is 5.75 Å². The second-order valence-electron chi connectivity index (χ2n) is 11.6. The number of nitrogens with zero attached hydrogens (tertiary/aromatic N) is 2. The summed E-state index contributed by atoms with van der Waals surface area (Å²) >= 11 is 13.1. The molecule has 3 aromatic carbocycles. The van der Waals surface area contributed by atoms with E-state index in [0.29, 0.717) is 40.1 Å². The van der Waals surface area contributed by atoms with Crippen LogP contribution in [-0.2, 0) is 32.6 Å². The first-order chi connectivity index (χ1) is 22.1. The van der Waals surface area contributed by atoms with Gasteiger partial charge in [0.25, 0.3) is 0 Å². The Balaban J connectivity index is 1.60. The van der Waals surface area contributed by atoms with Crippen LogP contribution < -0.4 is 14.4 Å². The van der Waals surface area contributed by atoms with Crippen molar-refractivity contribution in [2.75, 3.05) is 23.7 Å². The largest absolute Gasteiger partial charge is 0.494 e. The summed E-state index contributed by atoms with van der Waals surface area (Å²) in [5.41, 5.74) is 1.94. The van der Waals surface area contributed by atoms with Crippen LogP contribution in [0, 0.1) is 0 Å². The number of amides is 2. The Bertz CT molecular complexity index is 1530. The van der Waals surface area contributed by atoms with Gasteiger partial charge in [0.1, 0.15) is 11.8 Å². The molecular weight excluding hydrogens is 645 g/mol. The second kappa shape index (κ2) is 17.0. The van der Waals surface area contributed by atoms with Gasteiger partial charge in [-0.3, -0.25) is 13.9 Å². The van der Waals surface area contributed by atoms with Gasteiger partial charge in [-0.15, -0.1) is 0 Å². The van der Waals surface area contributed by atoms with Gasteiger partial charge in [0.15, 0.2) is 0 Å². The van der Waals surface area contributed by atoms with Crippen LogP contribution in [0.2, 0.25) is 10.0 Å². The van der Waals surface area contributed by atoms with E-state index in [1.807, 2.05) is 37.3 Å². The fourth-order valence-corrected chi connectivity index (χ4v) is 7.31. The van der Waals surface area contributed by atoms with Crippen molar-refractivity contribution in [3.05, 3.63) is 94.0 Å². The highest BCUT2D eigenvalue weighted by Crippen LogP contribution is 2.28. The minimum Gasteiger partial charge on any atom is -0.494 e. The summed E-state index contributed by atoms with van der Waals surface area (Å²) in [4.78, 5) is 29.7. The molecule has 1 fully saturated rings. The quantitative estimate of drug-likeness (QED) is 0.185. The monoisotopic (exact) mass is 687 g/mol. The molecule has 1 saturated carbocycles. The molecule has 0 aromatic heterocycles. The third kappa shape index (κ3) is 10.1. The van der Waals surface area contributed by atoms with Crippen molar-refractivity contribution >= 4 is 50.7 Å². The molecule has 0 radical (unpaired) electrons. The van der Waals surface area contributed by atoms with Crippen LogP contribution in [-0.4, -0.2) is 56.6 Å². The summed E-state index contributed by atoms with van der Waals surface area (Å²) in [7, 11) is -3.64. The van der Waals surface area contributed by atoms with Gasteiger partial charge in [-0.1, -0.05) is 78.9 Å². The molecule has 1 aliphatic carbocycles. The number of anilines is 1. The maximum atomic E-state index is 14.2. The number of nitrogens with one attached hydrogen (secondary N) is 1. The standard InChI is InChI=1S/C35H43Cl2N3O5S/c1-3-45-29-21-19-28(20-22-29)40(46(2,43)44)23-11-18-34(41)39(25-30-31(36)16-10-17-32(30)37)33(24-26-12-6-4-7-13-26)35(42)38-27-14-8-5-9-15-27/h4,6-7,10,12-13,16-17,19-22,27,33H,3,5,8-9,11,14-15,18,23-25H2,1-2H3,(H,38,42)/t33-/m0/s1. The third-order valence-corrected chi connectivity index (χ3v) is 10.1. The minimum atomic E-state index is -3.64. The first-order valence-corrected chi connectivity index (χ1v) is 18.4. The van der Waals surface area contributed by atoms with Gasteiger partial charge in [-0.25, -0.2) is 8.42 Å². The van der Waals surface area contributed by atoms with Gasteiger partial charge in [-0.05, 0) is 68.1 Å². The predicted octanol–water partition coefficient (Wildman–Crippen LogP) is 7.03. The lowest BCUT2D eigenvalue weighted by Crippen LogP contribution is -2.53. The smallest absolute Gasteiger partial charge is 0.243 e. The molecule has 4 rings (SSSR count). The van der Waals surface area contributed by atoms with Crippen molar-refractivity contribution in [1.29, 1.82) is 0 Å². The number of hydrogen-bond donors (Lipinski definition) is 1. The zero-order valence-electron chi connectivity index (χ0n) is 26.5. The molecule has 8 nitrogen and oxygen atoms in total. The lowest BCUT2D eigenvalue weighted by Gasteiger charge is -2.34. The van der Waals surface area contributed by atoms with E-state index in [1.54, 1.807) is 47.4 Å². The molecule has 1 aliphatic rings. The minimum absolute atomic E-state index is 0.00706. The van der Waals surface area contributed by atoms with E-state index in [-0.39, 0.29) is 43.8 Å². The van der Waals surface area contributed by atoms with Crippen LogP contribution >= 0.6 is 23.2 Å². The van der Waals surface area contributed by atoms with Crippen LogP contribution in [0.25, 0.3) is 0 Å². The first kappa shape index (κ1) is 35.6. The highest BCUT2D eigenvalue weighted by atomic mass is 35.5. The molecule has 3 aromatic rings. The number of sulfonamides is 1. The Morgan fingerprint density at radius 2 is 1.59 bits per heavy atom. The van der Waals surface area contributed by atoms with Gasteiger partial charge >= 0.3 is 0 Å². The summed E-state index contributed by atoms with van der Waals surface area (Å²) in [5, 5.41) is 4.02. The average Bonchev–Trinajstić information content (AvgIpc) is 3.03. The van der Waals surface area contributed by atoms with Gasteiger partial charge in [-0.2, -0.15) is 0 Å². The molecule has 2 amide bonds. The Morgan fingerprint density at radius 1 is 0.935 bits per heavy atom. The van der Waals surface area contributed by atoms with E-state index >= 15 is 0 Å². The van der Waals surface area contributed by atoms with Crippen molar-refractivity contribution in [2.45, 2.75) is 76.9 Å². The fraction of sp³-hybridized carbons (Fsp3) is 0.429. The van der Waals surface area contributed by atoms with Gasteiger partial charge in [0.2, 0.25) is 21.8 Å². The Hall–Kier alpha value is -3.27. The van der Waals surface area contributed by atoms with Gasteiger partial charge < -0.3 is 15.0 Å². The van der Waals surface area contributed by atoms with Crippen LogP contribution in [0.1, 0.15) is 63.0 Å². The summed E-state index contributed by atoms with van der Waals surface area (Å²) < 4.78 is 32.3. The number of carbonyl (C=O) groups is 2. The Kier molecular flexibility index (Phi) is 13.2. The van der Waals surface area contributed by atoms with E-state index in [4.69, 9.17) is 27.9 Å². The Morgan fingerprint density at radius 3 is 2.20 bits per heavy atom. The van der Waals surface area contributed by atoms with Crippen LogP contribution in [0.4, 0.5) is 5.69 Å². The SMILES string of the molecule is CCOc1ccc(N(CCCC(=O)N(Cc2c(Cl)cccc2Cl)[C@@H](Cc2ccccc2)C(=O)NC2CCCCC2)S(C)(=O)=O)cc1. The number of halogens is 2. The maximum Gasteiger partial charge on any atom is 0.243 e. The molecule has 0 bridgehead atoms. The topological polar surface area (TPSA) is 96.0 Å². The molecule has 11 heteroatoms. The highest BCUT2D eigenvalue weighted by molar-refractivity contribution is 7.92. The Labute approximate surface area is 283 Å². The summed E-state index contributed by atoms with van der Waals surface area (Å²) in [6.45, 7) is 2.48. The van der Waals surface area contributed by atoms with Crippen molar-refractivity contribution in [1.82, 2.24) is 10.2 Å². The van der Waals surface area contributed by atoms with Crippen molar-refractivity contribution in [2.24, 2.45) is 0 Å². The number of benzene rings is 3. The summed E-state index contributed by atoms with van der Waals surface area (Å²) in [5.74, 6) is 0.120. The lowest BCUT2D eigenvalue weighted by atomic mass is 9.94. The van der Waals surface area contributed by atoms with Crippen molar-refractivity contribution < 1.29 is 22.7 Å². The van der Waals surface area contributed by atoms with Crippen molar-refractivity contribution in [3.63, 3.8) is 0 Å². The van der Waals surface area contributed by atoms with E-state index in [9.17, 15) is 18.0 Å². The number of hydrogen-bond acceptors (Lipinski definition) is 5. The van der Waals surface area contributed by atoms with Crippen molar-refractivity contribution in [3.8, 4) is 5.75 Å². The molecule has 0 spiro atoms. The molecule has 46 heavy (non-hydrogen) atoms. The molecule has 248 valence electrons. The van der Waals surface area contributed by atoms with Crippen LogP contribution in [0.3, 0.4) is 0 Å². The second-order valence-corrected chi connectivity index (χ2v) is 14.4. The van der Waals surface area contributed by atoms with Crippen LogP contribution in [0.15, 0.2) is 72.8 Å². The van der Waals surface area contributed by atoms with E-state index < -0.39 is 16.1 Å². The van der Waals surface area contributed by atoms with E-state index in [0.717, 1.165) is 43.9 Å². The molecule has 0 aliphatic heterocycles. The molecular formula is C35H43Cl2N3O5S. The molecule has 0 saturated heterocycles. The predicted molar refractivity (Wildman–Crippen MR) is 185 cm³/mol. The number of ether oxygens (including phenoxy) is 1. The molecule has 1 N–H and O–H groups in total. The molecule has 0 heterocycles. The average molecular weight is 689 g/mol. The summed E-state index contributed by atoms with van der Waals surface area (Å²) in [6.07, 6.45) is 6.74. The maximum absolute atomic E-state index is 14.2. The van der Waals surface area contributed by atoms with Gasteiger partial charge in [0, 0.05) is 47.6 Å². The first-order valence-electron chi connectivity index (χ1n) is 15.8. The normalized spacial score (nSPS) is 14.3. The summed E-state index contributed by atoms with van der Waals surface area (Å²) in [6, 6.07) is 20.8. The van der Waals surface area contributed by atoms with E-state index in [2.05, 4.69) is 5.32 Å². The molecule has 1 atom stereocenters.